The third kappa shape index (κ3) is 3.48. The van der Waals surface area contributed by atoms with Crippen LogP contribution >= 0.6 is 0 Å². The van der Waals surface area contributed by atoms with Gasteiger partial charge >= 0.3 is 11.9 Å². The van der Waals surface area contributed by atoms with Crippen molar-refractivity contribution in [2.75, 3.05) is 6.61 Å². The third-order valence-corrected chi connectivity index (χ3v) is 2.29. The standard InChI is InChI=1S/C12H14O5/c1-2-17-10-6-4-3-5-8(10)7-9(11(13)14)12(15)16/h3-6,9H,2,7H2,1H3,(H,13,14)(H,15,16). The number of rotatable bonds is 6. The molecule has 5 nitrogen and oxygen atoms in total. The Morgan fingerprint density at radius 3 is 2.35 bits per heavy atom. The maximum atomic E-state index is 10.8. The summed E-state index contributed by atoms with van der Waals surface area (Å²) in [5.41, 5.74) is 0.587. The van der Waals surface area contributed by atoms with Gasteiger partial charge in [0, 0.05) is 0 Å². The zero-order chi connectivity index (χ0) is 12.8. The molecule has 0 saturated carbocycles. The molecule has 5 heteroatoms. The number of hydrogen-bond acceptors (Lipinski definition) is 3. The van der Waals surface area contributed by atoms with Crippen LogP contribution in [-0.4, -0.2) is 28.8 Å². The van der Waals surface area contributed by atoms with E-state index in [0.717, 1.165) is 0 Å². The van der Waals surface area contributed by atoms with Gasteiger partial charge in [0.05, 0.1) is 6.61 Å². The first-order valence-electron chi connectivity index (χ1n) is 5.22. The average Bonchev–Trinajstić information content (AvgIpc) is 2.27. The van der Waals surface area contributed by atoms with Gasteiger partial charge in [0.25, 0.3) is 0 Å². The van der Waals surface area contributed by atoms with E-state index in [4.69, 9.17) is 14.9 Å². The Bertz CT molecular complexity index is 399. The monoisotopic (exact) mass is 238 g/mol. The highest BCUT2D eigenvalue weighted by Gasteiger charge is 2.27. The van der Waals surface area contributed by atoms with Crippen molar-refractivity contribution >= 4 is 11.9 Å². The molecule has 0 atom stereocenters. The number of carbonyl (C=O) groups is 2. The number of aliphatic carboxylic acids is 2. The third-order valence-electron chi connectivity index (χ3n) is 2.29. The fourth-order valence-corrected chi connectivity index (χ4v) is 1.47. The van der Waals surface area contributed by atoms with Gasteiger partial charge in [-0.05, 0) is 25.0 Å². The van der Waals surface area contributed by atoms with Crippen LogP contribution in [0.25, 0.3) is 0 Å². The number of benzene rings is 1. The van der Waals surface area contributed by atoms with Crippen molar-refractivity contribution in [3.8, 4) is 5.75 Å². The van der Waals surface area contributed by atoms with Gasteiger partial charge in [-0.3, -0.25) is 9.59 Å². The van der Waals surface area contributed by atoms with Crippen molar-refractivity contribution in [2.24, 2.45) is 5.92 Å². The lowest BCUT2D eigenvalue weighted by Gasteiger charge is -2.12. The molecule has 1 aromatic rings. The van der Waals surface area contributed by atoms with E-state index in [0.29, 0.717) is 17.9 Å². The average molecular weight is 238 g/mol. The summed E-state index contributed by atoms with van der Waals surface area (Å²) in [4.78, 5) is 21.6. The van der Waals surface area contributed by atoms with Crippen LogP contribution in [0.5, 0.6) is 5.75 Å². The first-order valence-corrected chi connectivity index (χ1v) is 5.22. The predicted octanol–water partition coefficient (Wildman–Crippen LogP) is 1.41. The Morgan fingerprint density at radius 1 is 1.24 bits per heavy atom. The summed E-state index contributed by atoms with van der Waals surface area (Å²) in [5.74, 6) is -3.60. The van der Waals surface area contributed by atoms with Crippen LogP contribution in [0, 0.1) is 5.92 Å². The molecule has 17 heavy (non-hydrogen) atoms. The summed E-state index contributed by atoms with van der Waals surface area (Å²) in [6.07, 6.45) is -0.0825. The zero-order valence-electron chi connectivity index (χ0n) is 9.42. The van der Waals surface area contributed by atoms with Crippen LogP contribution in [0.1, 0.15) is 12.5 Å². The molecule has 0 spiro atoms. The summed E-state index contributed by atoms with van der Waals surface area (Å²) in [5, 5.41) is 17.6. The Kier molecular flexibility index (Phi) is 4.51. The molecular formula is C12H14O5. The number of para-hydroxylation sites is 1. The number of hydrogen-bond donors (Lipinski definition) is 2. The minimum absolute atomic E-state index is 0.0825. The SMILES string of the molecule is CCOc1ccccc1CC(C(=O)O)C(=O)O. The molecule has 0 aliphatic heterocycles. The number of carboxylic acids is 2. The van der Waals surface area contributed by atoms with Crippen LogP contribution in [0.2, 0.25) is 0 Å². The molecule has 0 radical (unpaired) electrons. The van der Waals surface area contributed by atoms with Crippen LogP contribution in [0.15, 0.2) is 24.3 Å². The predicted molar refractivity (Wildman–Crippen MR) is 60.1 cm³/mol. The molecule has 0 aliphatic carbocycles. The minimum atomic E-state index is -1.45. The minimum Gasteiger partial charge on any atom is -0.494 e. The topological polar surface area (TPSA) is 83.8 Å². The van der Waals surface area contributed by atoms with E-state index in [-0.39, 0.29) is 6.42 Å². The van der Waals surface area contributed by atoms with Crippen LogP contribution in [0.4, 0.5) is 0 Å². The summed E-state index contributed by atoms with van der Waals surface area (Å²) in [7, 11) is 0. The molecule has 1 rings (SSSR count). The quantitative estimate of drug-likeness (QED) is 0.732. The highest BCUT2D eigenvalue weighted by atomic mass is 16.5. The van der Waals surface area contributed by atoms with Crippen LogP contribution < -0.4 is 4.74 Å². The van der Waals surface area contributed by atoms with E-state index >= 15 is 0 Å². The molecule has 0 fully saturated rings. The summed E-state index contributed by atoms with van der Waals surface area (Å²) >= 11 is 0. The summed E-state index contributed by atoms with van der Waals surface area (Å²) in [6.45, 7) is 2.25. The molecule has 0 heterocycles. The molecule has 0 aliphatic rings. The Labute approximate surface area is 98.6 Å². The van der Waals surface area contributed by atoms with Crippen LogP contribution in [-0.2, 0) is 16.0 Å². The molecule has 0 unspecified atom stereocenters. The van der Waals surface area contributed by atoms with Gasteiger partial charge in [0.2, 0.25) is 0 Å². The molecule has 0 saturated heterocycles. The van der Waals surface area contributed by atoms with Gasteiger partial charge in [0.15, 0.2) is 5.92 Å². The molecular weight excluding hydrogens is 224 g/mol. The fraction of sp³-hybridized carbons (Fsp3) is 0.333. The highest BCUT2D eigenvalue weighted by molar-refractivity contribution is 5.93. The van der Waals surface area contributed by atoms with E-state index in [1.165, 1.54) is 0 Å². The summed E-state index contributed by atoms with van der Waals surface area (Å²) < 4.78 is 5.31. The first kappa shape index (κ1) is 13.0. The van der Waals surface area contributed by atoms with Crippen LogP contribution in [0.3, 0.4) is 0 Å². The molecule has 92 valence electrons. The maximum absolute atomic E-state index is 10.8. The largest absolute Gasteiger partial charge is 0.494 e. The van der Waals surface area contributed by atoms with Gasteiger partial charge in [-0.1, -0.05) is 18.2 Å². The maximum Gasteiger partial charge on any atom is 0.318 e. The van der Waals surface area contributed by atoms with Gasteiger partial charge in [0.1, 0.15) is 5.75 Å². The molecule has 0 aromatic heterocycles. The van der Waals surface area contributed by atoms with Crippen molar-refractivity contribution in [1.82, 2.24) is 0 Å². The van der Waals surface area contributed by atoms with Gasteiger partial charge in [-0.15, -0.1) is 0 Å². The van der Waals surface area contributed by atoms with Gasteiger partial charge < -0.3 is 14.9 Å². The normalized spacial score (nSPS) is 10.2. The second-order valence-electron chi connectivity index (χ2n) is 3.47. The van der Waals surface area contributed by atoms with E-state index < -0.39 is 17.9 Å². The zero-order valence-corrected chi connectivity index (χ0v) is 9.42. The van der Waals surface area contributed by atoms with E-state index in [9.17, 15) is 9.59 Å². The molecule has 2 N–H and O–H groups in total. The van der Waals surface area contributed by atoms with E-state index in [1.54, 1.807) is 24.3 Å². The first-order chi connectivity index (χ1) is 8.06. The molecule has 1 aromatic carbocycles. The van der Waals surface area contributed by atoms with E-state index in [1.807, 2.05) is 6.92 Å². The smallest absolute Gasteiger partial charge is 0.318 e. The van der Waals surface area contributed by atoms with Gasteiger partial charge in [-0.25, -0.2) is 0 Å². The Balaban J connectivity index is 2.92. The lowest BCUT2D eigenvalue weighted by atomic mass is 9.99. The second-order valence-corrected chi connectivity index (χ2v) is 3.47. The lowest BCUT2D eigenvalue weighted by Crippen LogP contribution is -2.25. The number of ether oxygens (including phenoxy) is 1. The summed E-state index contributed by atoms with van der Waals surface area (Å²) in [6, 6.07) is 6.84. The van der Waals surface area contributed by atoms with Crippen molar-refractivity contribution in [1.29, 1.82) is 0 Å². The molecule has 0 amide bonds. The Morgan fingerprint density at radius 2 is 1.82 bits per heavy atom. The lowest BCUT2D eigenvalue weighted by molar-refractivity contribution is -0.154. The van der Waals surface area contributed by atoms with Crippen molar-refractivity contribution in [3.05, 3.63) is 29.8 Å². The second kappa shape index (κ2) is 5.89. The molecule has 0 bridgehead atoms. The van der Waals surface area contributed by atoms with E-state index in [2.05, 4.69) is 0 Å². The van der Waals surface area contributed by atoms with Gasteiger partial charge in [-0.2, -0.15) is 0 Å². The fourth-order valence-electron chi connectivity index (χ4n) is 1.47. The number of carboxylic acid groups (broad SMARTS) is 2. The Hall–Kier alpha value is -2.04. The van der Waals surface area contributed by atoms with Crippen molar-refractivity contribution < 1.29 is 24.5 Å². The van der Waals surface area contributed by atoms with Crippen molar-refractivity contribution in [3.63, 3.8) is 0 Å². The van der Waals surface area contributed by atoms with Crippen molar-refractivity contribution in [2.45, 2.75) is 13.3 Å². The highest BCUT2D eigenvalue weighted by Crippen LogP contribution is 2.21.